The van der Waals surface area contributed by atoms with Crippen LogP contribution in [0.3, 0.4) is 0 Å². The summed E-state index contributed by atoms with van der Waals surface area (Å²) in [5.74, 6) is 0.500. The zero-order valence-corrected chi connectivity index (χ0v) is 16.9. The first-order chi connectivity index (χ1) is 14.7. The Morgan fingerprint density at radius 1 is 1.03 bits per heavy atom. The molecular formula is C23H19N5OS. The van der Waals surface area contributed by atoms with Crippen LogP contribution >= 0.6 is 11.3 Å². The van der Waals surface area contributed by atoms with Gasteiger partial charge in [-0.3, -0.25) is 4.79 Å². The molecule has 4 N–H and O–H groups in total. The summed E-state index contributed by atoms with van der Waals surface area (Å²) in [6.07, 6.45) is 1.04. The highest BCUT2D eigenvalue weighted by molar-refractivity contribution is 7.17. The number of nitrogen functional groups attached to an aromatic ring is 1. The molecule has 1 aliphatic heterocycles. The molecule has 0 spiro atoms. The van der Waals surface area contributed by atoms with Crippen molar-refractivity contribution in [3.05, 3.63) is 75.4 Å². The van der Waals surface area contributed by atoms with Crippen LogP contribution in [-0.2, 0) is 13.0 Å². The molecule has 2 aromatic carbocycles. The lowest BCUT2D eigenvalue weighted by Crippen LogP contribution is -2.30. The summed E-state index contributed by atoms with van der Waals surface area (Å²) in [4.78, 5) is 25.9. The molecule has 6 rings (SSSR count). The molecule has 0 atom stereocenters. The highest BCUT2D eigenvalue weighted by atomic mass is 32.1. The highest BCUT2D eigenvalue weighted by Gasteiger charge is 2.19. The van der Waals surface area contributed by atoms with Gasteiger partial charge in [-0.25, -0.2) is 4.98 Å². The average molecular weight is 414 g/mol. The second kappa shape index (κ2) is 6.47. The summed E-state index contributed by atoms with van der Waals surface area (Å²) in [5, 5.41) is 1.92. The number of hydrogen-bond donors (Lipinski definition) is 3. The van der Waals surface area contributed by atoms with Crippen molar-refractivity contribution < 1.29 is 0 Å². The van der Waals surface area contributed by atoms with E-state index >= 15 is 0 Å². The fraction of sp³-hybridized carbons (Fsp3) is 0.130. The summed E-state index contributed by atoms with van der Waals surface area (Å²) in [5.41, 5.74) is 13.4. The molecule has 0 saturated heterocycles. The van der Waals surface area contributed by atoms with E-state index in [1.165, 1.54) is 22.5 Å². The molecule has 0 unspecified atom stereocenters. The molecule has 1 aliphatic rings. The van der Waals surface area contributed by atoms with E-state index in [4.69, 9.17) is 5.73 Å². The molecule has 4 heterocycles. The van der Waals surface area contributed by atoms with Gasteiger partial charge in [0.15, 0.2) is 0 Å². The van der Waals surface area contributed by atoms with Crippen LogP contribution in [0, 0.1) is 0 Å². The number of aromatic nitrogens is 3. The van der Waals surface area contributed by atoms with Gasteiger partial charge in [-0.2, -0.15) is 0 Å². The van der Waals surface area contributed by atoms with Crippen LogP contribution in [-0.4, -0.2) is 21.5 Å². The Labute approximate surface area is 176 Å². The molecule has 30 heavy (non-hydrogen) atoms. The fourth-order valence-corrected chi connectivity index (χ4v) is 5.12. The topological polar surface area (TPSA) is 90.8 Å². The lowest BCUT2D eigenvalue weighted by molar-refractivity contribution is 0.732. The first-order valence-electron chi connectivity index (χ1n) is 9.88. The van der Waals surface area contributed by atoms with E-state index in [1.54, 1.807) is 0 Å². The van der Waals surface area contributed by atoms with E-state index in [0.717, 1.165) is 46.4 Å². The molecule has 0 bridgehead atoms. The van der Waals surface area contributed by atoms with Gasteiger partial charge in [-0.05, 0) is 47.2 Å². The Balaban J connectivity index is 1.41. The fourth-order valence-electron chi connectivity index (χ4n) is 4.30. The van der Waals surface area contributed by atoms with E-state index in [-0.39, 0.29) is 5.56 Å². The largest absolute Gasteiger partial charge is 0.397 e. The summed E-state index contributed by atoms with van der Waals surface area (Å²) in [6, 6.07) is 16.7. The molecule has 0 saturated carbocycles. The van der Waals surface area contributed by atoms with Gasteiger partial charge < -0.3 is 20.6 Å². The van der Waals surface area contributed by atoms with Crippen LogP contribution in [0.1, 0.15) is 11.1 Å². The molecular weight excluding hydrogens is 394 g/mol. The summed E-state index contributed by atoms with van der Waals surface area (Å²) >= 11 is 1.51. The van der Waals surface area contributed by atoms with Gasteiger partial charge in [0.25, 0.3) is 5.56 Å². The van der Waals surface area contributed by atoms with Crippen molar-refractivity contribution in [2.24, 2.45) is 0 Å². The zero-order valence-electron chi connectivity index (χ0n) is 16.1. The van der Waals surface area contributed by atoms with E-state index < -0.39 is 0 Å². The number of H-pyrrole nitrogens is 2. The third kappa shape index (κ3) is 2.63. The third-order valence-electron chi connectivity index (χ3n) is 5.85. The molecule has 0 aliphatic carbocycles. The number of nitrogens with two attached hydrogens (primary N) is 1. The number of thiophene rings is 1. The number of pyridine rings is 1. The molecule has 0 radical (unpaired) electrons. The second-order valence-corrected chi connectivity index (χ2v) is 8.55. The van der Waals surface area contributed by atoms with Gasteiger partial charge in [0.2, 0.25) is 0 Å². The zero-order chi connectivity index (χ0) is 20.2. The maximum atomic E-state index is 12.7. The van der Waals surface area contributed by atoms with Crippen LogP contribution in [0.5, 0.6) is 0 Å². The van der Waals surface area contributed by atoms with Crippen molar-refractivity contribution in [3.63, 3.8) is 0 Å². The summed E-state index contributed by atoms with van der Waals surface area (Å²) < 4.78 is 0.873. The first-order valence-corrected chi connectivity index (χ1v) is 10.8. The molecule has 148 valence electrons. The Morgan fingerprint density at radius 3 is 2.80 bits per heavy atom. The van der Waals surface area contributed by atoms with Gasteiger partial charge in [-0.1, -0.05) is 24.3 Å². The first kappa shape index (κ1) is 17.3. The van der Waals surface area contributed by atoms with Crippen LogP contribution in [0.15, 0.2) is 58.7 Å². The van der Waals surface area contributed by atoms with Gasteiger partial charge in [-0.15, -0.1) is 11.3 Å². The Hall–Kier alpha value is -3.58. The number of hydrogen-bond acceptors (Lipinski definition) is 5. The third-order valence-corrected chi connectivity index (χ3v) is 6.80. The summed E-state index contributed by atoms with van der Waals surface area (Å²) in [7, 11) is 0. The van der Waals surface area contributed by atoms with Crippen molar-refractivity contribution in [2.45, 2.75) is 13.0 Å². The maximum Gasteiger partial charge on any atom is 0.261 e. The molecule has 7 heteroatoms. The standard InChI is InChI=1S/C23H19N5OS/c24-20-19(23(29)27-17-8-10-30-21(17)20)22-25-16-6-5-15(11-18(16)26-22)28-9-7-13-3-1-2-4-14(13)12-28/h1-6,8,10-11H,7,9,12H2,(H,25,26)(H3,24,27,29). The van der Waals surface area contributed by atoms with Crippen molar-refractivity contribution in [1.29, 1.82) is 0 Å². The van der Waals surface area contributed by atoms with Crippen molar-refractivity contribution in [1.82, 2.24) is 15.0 Å². The van der Waals surface area contributed by atoms with Crippen LogP contribution in [0.4, 0.5) is 11.4 Å². The monoisotopic (exact) mass is 413 g/mol. The average Bonchev–Trinajstić information content (AvgIpc) is 3.39. The van der Waals surface area contributed by atoms with E-state index in [0.29, 0.717) is 17.1 Å². The molecule has 6 nitrogen and oxygen atoms in total. The number of aromatic amines is 2. The number of rotatable bonds is 2. The van der Waals surface area contributed by atoms with Gasteiger partial charge >= 0.3 is 0 Å². The minimum Gasteiger partial charge on any atom is -0.397 e. The number of imidazole rings is 1. The summed E-state index contributed by atoms with van der Waals surface area (Å²) in [6.45, 7) is 1.87. The number of anilines is 2. The Bertz CT molecular complexity index is 1480. The minimum absolute atomic E-state index is 0.231. The molecule has 3 aromatic heterocycles. The smallest absolute Gasteiger partial charge is 0.261 e. The predicted molar refractivity (Wildman–Crippen MR) is 123 cm³/mol. The molecule has 0 amide bonds. The van der Waals surface area contributed by atoms with Crippen molar-refractivity contribution in [3.8, 4) is 11.4 Å². The predicted octanol–water partition coefficient (Wildman–Crippen LogP) is 4.28. The van der Waals surface area contributed by atoms with Crippen LogP contribution in [0.25, 0.3) is 32.6 Å². The quantitative estimate of drug-likeness (QED) is 0.403. The van der Waals surface area contributed by atoms with Crippen molar-refractivity contribution >= 4 is 44.0 Å². The van der Waals surface area contributed by atoms with E-state index in [1.807, 2.05) is 17.5 Å². The molecule has 0 fully saturated rings. The Kier molecular flexibility index (Phi) is 3.73. The lowest BCUT2D eigenvalue weighted by atomic mass is 9.99. The number of fused-ring (bicyclic) bond motifs is 3. The SMILES string of the molecule is Nc1c(-c2nc3ccc(N4CCc5ccccc5C4)cc3[nH]2)c(=O)[nH]c2ccsc12. The van der Waals surface area contributed by atoms with E-state index in [9.17, 15) is 4.79 Å². The second-order valence-electron chi connectivity index (χ2n) is 7.63. The lowest BCUT2D eigenvalue weighted by Gasteiger charge is -2.30. The van der Waals surface area contributed by atoms with Gasteiger partial charge in [0.05, 0.1) is 26.9 Å². The number of nitrogens with zero attached hydrogens (tertiary/aromatic N) is 2. The maximum absolute atomic E-state index is 12.7. The minimum atomic E-state index is -0.231. The van der Waals surface area contributed by atoms with Gasteiger partial charge in [0, 0.05) is 18.8 Å². The van der Waals surface area contributed by atoms with Crippen LogP contribution < -0.4 is 16.2 Å². The Morgan fingerprint density at radius 2 is 1.90 bits per heavy atom. The van der Waals surface area contributed by atoms with E-state index in [2.05, 4.69) is 56.3 Å². The highest BCUT2D eigenvalue weighted by Crippen LogP contribution is 2.32. The van der Waals surface area contributed by atoms with Gasteiger partial charge in [0.1, 0.15) is 11.4 Å². The molecule has 5 aromatic rings. The normalized spacial score (nSPS) is 13.8. The van der Waals surface area contributed by atoms with Crippen molar-refractivity contribution in [2.75, 3.05) is 17.2 Å². The van der Waals surface area contributed by atoms with Crippen LogP contribution in [0.2, 0.25) is 0 Å². The number of nitrogens with one attached hydrogen (secondary N) is 2. The number of benzene rings is 2.